The van der Waals surface area contributed by atoms with Gasteiger partial charge in [0.1, 0.15) is 5.82 Å². The van der Waals surface area contributed by atoms with Crippen LogP contribution in [0, 0.1) is 5.82 Å². The van der Waals surface area contributed by atoms with Crippen LogP contribution in [0.3, 0.4) is 0 Å². The summed E-state index contributed by atoms with van der Waals surface area (Å²) in [6, 6.07) is 15.5. The minimum Gasteiger partial charge on any atom is -0.493 e. The Kier molecular flexibility index (Phi) is 6.70. The number of hydrogen-bond acceptors (Lipinski definition) is 6. The van der Waals surface area contributed by atoms with Gasteiger partial charge in [-0.1, -0.05) is 23.4 Å². The lowest BCUT2D eigenvalue weighted by Crippen LogP contribution is -2.37. The van der Waals surface area contributed by atoms with Gasteiger partial charge in [0.15, 0.2) is 17.6 Å². The number of carbonyl (C=O) groups excluding carboxylic acids is 1. The Hall–Kier alpha value is -3.39. The van der Waals surface area contributed by atoms with Crippen LogP contribution in [0.5, 0.6) is 11.5 Å². The molecule has 2 aromatic carbocycles. The number of thiophene rings is 1. The second-order valence-electron chi connectivity index (χ2n) is 7.33. The van der Waals surface area contributed by atoms with Crippen LogP contribution < -0.4 is 9.47 Å². The van der Waals surface area contributed by atoms with E-state index in [9.17, 15) is 9.18 Å². The summed E-state index contributed by atoms with van der Waals surface area (Å²) in [6.07, 6.45) is 0.225. The first kappa shape index (κ1) is 21.8. The molecule has 1 aromatic heterocycles. The maximum Gasteiger partial charge on any atom is 0.264 e. The van der Waals surface area contributed by atoms with E-state index >= 15 is 0 Å². The van der Waals surface area contributed by atoms with Gasteiger partial charge in [0.2, 0.25) is 0 Å². The third-order valence-corrected chi connectivity index (χ3v) is 6.01. The number of ether oxygens (including phenoxy) is 2. The molecule has 1 atom stereocenters. The van der Waals surface area contributed by atoms with E-state index in [4.69, 9.17) is 14.3 Å². The summed E-state index contributed by atoms with van der Waals surface area (Å²) < 4.78 is 24.4. The van der Waals surface area contributed by atoms with Gasteiger partial charge in [0, 0.05) is 18.5 Å². The minimum absolute atomic E-state index is 0.118. The van der Waals surface area contributed by atoms with Crippen molar-refractivity contribution in [3.63, 3.8) is 0 Å². The van der Waals surface area contributed by atoms with E-state index in [-0.39, 0.29) is 24.4 Å². The van der Waals surface area contributed by atoms with Gasteiger partial charge < -0.3 is 19.2 Å². The molecule has 0 aliphatic carbocycles. The maximum atomic E-state index is 13.7. The van der Waals surface area contributed by atoms with Crippen molar-refractivity contribution in [3.05, 3.63) is 81.8 Å². The molecular weight excluding hydrogens is 431 g/mol. The summed E-state index contributed by atoms with van der Waals surface area (Å²) in [5.74, 6) is 0.793. The van der Waals surface area contributed by atoms with Crippen molar-refractivity contribution in [1.82, 2.24) is 4.90 Å². The van der Waals surface area contributed by atoms with Crippen LogP contribution in [0.2, 0.25) is 0 Å². The van der Waals surface area contributed by atoms with Crippen molar-refractivity contribution in [3.8, 4) is 11.5 Å². The molecule has 1 unspecified atom stereocenters. The van der Waals surface area contributed by atoms with Crippen LogP contribution in [0.15, 0.2) is 65.1 Å². The van der Waals surface area contributed by atoms with Gasteiger partial charge in [-0.25, -0.2) is 4.39 Å². The first-order valence-corrected chi connectivity index (χ1v) is 11.0. The third kappa shape index (κ3) is 4.91. The Morgan fingerprint density at radius 3 is 2.72 bits per heavy atom. The van der Waals surface area contributed by atoms with E-state index < -0.39 is 0 Å². The van der Waals surface area contributed by atoms with E-state index in [1.807, 2.05) is 29.6 Å². The van der Waals surface area contributed by atoms with Crippen molar-refractivity contribution >= 4 is 23.0 Å². The quantitative estimate of drug-likeness (QED) is 0.493. The fraction of sp³-hybridized carbons (Fsp3) is 0.250. The first-order valence-electron chi connectivity index (χ1n) is 10.1. The first-order chi connectivity index (χ1) is 15.6. The average Bonchev–Trinajstić information content (AvgIpc) is 3.50. The topological polar surface area (TPSA) is 60.4 Å². The van der Waals surface area contributed by atoms with E-state index in [1.54, 1.807) is 37.3 Å². The zero-order valence-electron chi connectivity index (χ0n) is 17.8. The summed E-state index contributed by atoms with van der Waals surface area (Å²) in [5.41, 5.74) is 2.35. The minimum atomic E-state index is -0.331. The van der Waals surface area contributed by atoms with Gasteiger partial charge in [-0.3, -0.25) is 4.79 Å². The van der Waals surface area contributed by atoms with E-state index in [0.717, 1.165) is 11.3 Å². The lowest BCUT2D eigenvalue weighted by Gasteiger charge is -2.24. The number of oxime groups is 1. The maximum absolute atomic E-state index is 13.7. The highest BCUT2D eigenvalue weighted by Gasteiger charge is 2.28. The van der Waals surface area contributed by atoms with Crippen molar-refractivity contribution < 1.29 is 23.5 Å². The molecule has 0 bridgehead atoms. The highest BCUT2D eigenvalue weighted by Crippen LogP contribution is 2.30. The molecule has 1 aliphatic heterocycles. The van der Waals surface area contributed by atoms with E-state index in [1.165, 1.54) is 23.5 Å². The van der Waals surface area contributed by atoms with Gasteiger partial charge in [-0.05, 0) is 47.3 Å². The number of carbonyl (C=O) groups is 1. The molecule has 0 fully saturated rings. The number of hydrogen-bond donors (Lipinski definition) is 0. The molecule has 1 aliphatic rings. The zero-order chi connectivity index (χ0) is 22.5. The number of methoxy groups -OCH3 is 2. The zero-order valence-corrected chi connectivity index (χ0v) is 18.6. The number of rotatable bonds is 8. The predicted molar refractivity (Wildman–Crippen MR) is 121 cm³/mol. The second-order valence-corrected chi connectivity index (χ2v) is 8.28. The van der Waals surface area contributed by atoms with Gasteiger partial charge in [0.25, 0.3) is 5.91 Å². The van der Waals surface area contributed by atoms with Gasteiger partial charge in [0.05, 0.1) is 31.4 Å². The summed E-state index contributed by atoms with van der Waals surface area (Å²) in [7, 11) is 3.17. The molecule has 3 aromatic rings. The third-order valence-electron chi connectivity index (χ3n) is 5.16. The standard InChI is InChI=1S/C24H23FN2O4S/c1-29-21-9-8-17(12-22(21)30-2)20-13-19(31-26-20)15-27(24(28)23-7-4-10-32-23)14-16-5-3-6-18(25)11-16/h3-12,19H,13-15H2,1-2H3. The Bertz CT molecular complexity index is 1120. The normalized spacial score (nSPS) is 15.1. The largest absolute Gasteiger partial charge is 0.493 e. The monoisotopic (exact) mass is 454 g/mol. The molecule has 166 valence electrons. The summed E-state index contributed by atoms with van der Waals surface area (Å²) in [5, 5.41) is 6.10. The molecule has 6 nitrogen and oxygen atoms in total. The van der Waals surface area contributed by atoms with E-state index in [2.05, 4.69) is 5.16 Å². The lowest BCUT2D eigenvalue weighted by atomic mass is 10.0. The fourth-order valence-electron chi connectivity index (χ4n) is 3.59. The van der Waals surface area contributed by atoms with Gasteiger partial charge in [-0.15, -0.1) is 11.3 Å². The van der Waals surface area contributed by atoms with Crippen molar-refractivity contribution in [2.45, 2.75) is 19.1 Å². The molecule has 8 heteroatoms. The van der Waals surface area contributed by atoms with Crippen LogP contribution in [0.25, 0.3) is 0 Å². The number of halogens is 1. The van der Waals surface area contributed by atoms with Crippen LogP contribution >= 0.6 is 11.3 Å². The molecule has 4 rings (SSSR count). The number of benzene rings is 2. The Balaban J connectivity index is 1.49. The Morgan fingerprint density at radius 1 is 1.16 bits per heavy atom. The molecule has 0 radical (unpaired) electrons. The summed E-state index contributed by atoms with van der Waals surface area (Å²) in [6.45, 7) is 0.605. The highest BCUT2D eigenvalue weighted by molar-refractivity contribution is 7.12. The smallest absolute Gasteiger partial charge is 0.264 e. The fourth-order valence-corrected chi connectivity index (χ4v) is 4.28. The Morgan fingerprint density at radius 2 is 2.00 bits per heavy atom. The molecule has 1 amide bonds. The highest BCUT2D eigenvalue weighted by atomic mass is 32.1. The van der Waals surface area contributed by atoms with Crippen molar-refractivity contribution in [1.29, 1.82) is 0 Å². The predicted octanol–water partition coefficient (Wildman–Crippen LogP) is 4.74. The SMILES string of the molecule is COc1ccc(C2=NOC(CN(Cc3cccc(F)c3)C(=O)c3cccs3)C2)cc1OC. The molecular formula is C24H23FN2O4S. The lowest BCUT2D eigenvalue weighted by molar-refractivity contribution is 0.0408. The van der Waals surface area contributed by atoms with Crippen molar-refractivity contribution in [2.75, 3.05) is 20.8 Å². The second kappa shape index (κ2) is 9.82. The van der Waals surface area contributed by atoms with Crippen LogP contribution in [0.1, 0.15) is 27.2 Å². The van der Waals surface area contributed by atoms with Crippen molar-refractivity contribution in [2.24, 2.45) is 5.16 Å². The molecule has 0 saturated heterocycles. The number of amides is 1. The Labute approximate surface area is 189 Å². The molecule has 2 heterocycles. The van der Waals surface area contributed by atoms with Gasteiger partial charge >= 0.3 is 0 Å². The molecule has 0 spiro atoms. The molecule has 32 heavy (non-hydrogen) atoms. The average molecular weight is 455 g/mol. The molecule has 0 N–H and O–H groups in total. The summed E-state index contributed by atoms with van der Waals surface area (Å²) in [4.78, 5) is 21.1. The van der Waals surface area contributed by atoms with Gasteiger partial charge in [-0.2, -0.15) is 0 Å². The van der Waals surface area contributed by atoms with Crippen LogP contribution in [-0.4, -0.2) is 43.4 Å². The molecule has 0 saturated carbocycles. The van der Waals surface area contributed by atoms with E-state index in [0.29, 0.717) is 34.9 Å². The summed E-state index contributed by atoms with van der Waals surface area (Å²) >= 11 is 1.38. The number of nitrogens with zero attached hydrogens (tertiary/aromatic N) is 2. The van der Waals surface area contributed by atoms with Crippen LogP contribution in [-0.2, 0) is 11.4 Å². The van der Waals surface area contributed by atoms with Crippen LogP contribution in [0.4, 0.5) is 4.39 Å².